The van der Waals surface area contributed by atoms with Crippen molar-refractivity contribution in [3.63, 3.8) is 0 Å². The zero-order valence-electron chi connectivity index (χ0n) is 19.8. The van der Waals surface area contributed by atoms with E-state index in [0.29, 0.717) is 18.8 Å². The maximum atomic E-state index is 10.8. The molecule has 0 bridgehead atoms. The van der Waals surface area contributed by atoms with Gasteiger partial charge in [0.25, 0.3) is 0 Å². The lowest BCUT2D eigenvalue weighted by Gasteiger charge is -2.14. The van der Waals surface area contributed by atoms with Gasteiger partial charge in [0.15, 0.2) is 0 Å². The Morgan fingerprint density at radius 1 is 0.900 bits per heavy atom. The summed E-state index contributed by atoms with van der Waals surface area (Å²) in [5.74, 6) is -0.339. The lowest BCUT2D eigenvalue weighted by Crippen LogP contribution is -2.36. The van der Waals surface area contributed by atoms with Crippen LogP contribution >= 0.6 is 0 Å². The van der Waals surface area contributed by atoms with Crippen molar-refractivity contribution in [2.24, 2.45) is 22.4 Å². The number of carboxylic acids is 1. The van der Waals surface area contributed by atoms with Crippen molar-refractivity contribution in [1.29, 1.82) is 0 Å². The van der Waals surface area contributed by atoms with Gasteiger partial charge in [0.05, 0.1) is 5.84 Å². The fourth-order valence-electron chi connectivity index (χ4n) is 3.55. The summed E-state index contributed by atoms with van der Waals surface area (Å²) in [7, 11) is 0. The largest absolute Gasteiger partial charge is 0.480 e. The first-order valence-electron chi connectivity index (χ1n) is 12.4. The second-order valence-electron chi connectivity index (χ2n) is 8.71. The Balaban J connectivity index is 3.48. The van der Waals surface area contributed by atoms with Gasteiger partial charge in [-0.2, -0.15) is 0 Å². The van der Waals surface area contributed by atoms with E-state index in [1.54, 1.807) is 0 Å². The molecule has 0 aliphatic rings. The number of unbranched alkanes of at least 4 members (excludes halogenated alkanes) is 12. The van der Waals surface area contributed by atoms with E-state index in [1.807, 2.05) is 6.92 Å². The molecule has 0 aromatic heterocycles. The fourth-order valence-corrected chi connectivity index (χ4v) is 3.55. The summed E-state index contributed by atoms with van der Waals surface area (Å²) in [6.45, 7) is 4.77. The van der Waals surface area contributed by atoms with Gasteiger partial charge in [-0.3, -0.25) is 9.79 Å². The molecule has 0 aromatic carbocycles. The lowest BCUT2D eigenvalue weighted by atomic mass is 9.97. The fraction of sp³-hybridized carbons (Fsp3) is 0.840. The van der Waals surface area contributed by atoms with Crippen LogP contribution in [0, 0.1) is 5.92 Å². The summed E-state index contributed by atoms with van der Waals surface area (Å²) in [6, 6.07) is -0.797. The van der Waals surface area contributed by atoms with Crippen molar-refractivity contribution in [3.05, 3.63) is 12.2 Å². The van der Waals surface area contributed by atoms with Gasteiger partial charge < -0.3 is 16.6 Å². The predicted octanol–water partition coefficient (Wildman–Crippen LogP) is 6.21. The quantitative estimate of drug-likeness (QED) is 0.0883. The van der Waals surface area contributed by atoms with Crippen LogP contribution in [0.15, 0.2) is 17.1 Å². The highest BCUT2D eigenvalue weighted by molar-refractivity contribution is 5.81. The molecule has 5 nitrogen and oxygen atoms in total. The van der Waals surface area contributed by atoms with Crippen LogP contribution in [0.25, 0.3) is 0 Å². The molecule has 0 amide bonds. The third-order valence-corrected chi connectivity index (χ3v) is 5.75. The van der Waals surface area contributed by atoms with Crippen LogP contribution < -0.4 is 11.5 Å². The summed E-state index contributed by atoms with van der Waals surface area (Å²) in [6.07, 6.45) is 24.3. The van der Waals surface area contributed by atoms with Crippen molar-refractivity contribution in [1.82, 2.24) is 0 Å². The minimum Gasteiger partial charge on any atom is -0.480 e. The molecule has 30 heavy (non-hydrogen) atoms. The monoisotopic (exact) mass is 423 g/mol. The molecule has 0 aromatic rings. The van der Waals surface area contributed by atoms with Crippen LogP contribution in [0.3, 0.4) is 0 Å². The van der Waals surface area contributed by atoms with Crippen LogP contribution in [-0.4, -0.2) is 29.5 Å². The minimum atomic E-state index is -0.941. The number of carbonyl (C=O) groups is 1. The van der Waals surface area contributed by atoms with Crippen molar-refractivity contribution in [2.75, 3.05) is 6.54 Å². The highest BCUT2D eigenvalue weighted by atomic mass is 16.4. The second-order valence-corrected chi connectivity index (χ2v) is 8.71. The normalized spacial score (nSPS) is 14.3. The Bertz CT molecular complexity index is 463. The summed E-state index contributed by atoms with van der Waals surface area (Å²) in [5, 5.41) is 8.88. The summed E-state index contributed by atoms with van der Waals surface area (Å²) < 4.78 is 0. The molecule has 0 saturated heterocycles. The van der Waals surface area contributed by atoms with Gasteiger partial charge in [0.2, 0.25) is 0 Å². The van der Waals surface area contributed by atoms with Crippen molar-refractivity contribution >= 4 is 11.8 Å². The van der Waals surface area contributed by atoms with Gasteiger partial charge in [-0.05, 0) is 31.6 Å². The summed E-state index contributed by atoms with van der Waals surface area (Å²) in [5.41, 5.74) is 11.5. The maximum absolute atomic E-state index is 10.8. The molecule has 0 aliphatic carbocycles. The van der Waals surface area contributed by atoms with Crippen molar-refractivity contribution in [2.45, 2.75) is 123 Å². The standard InChI is InChI=1S/C25H49N3O2/c1-3-4-5-6-7-8-9-10-11-12-13-14-15-16-17-20-23(26)28-21-18-19-22(2)24(27)25(29)30/h16-17,22,24H,3-15,18-21,27H2,1-2H3,(H2,26,28)(H,29,30)/t22?,24-/m0/s1. The van der Waals surface area contributed by atoms with Gasteiger partial charge in [-0.15, -0.1) is 0 Å². The molecular formula is C25H49N3O2. The average Bonchev–Trinajstić information content (AvgIpc) is 2.73. The Hall–Kier alpha value is -1.36. The van der Waals surface area contributed by atoms with E-state index >= 15 is 0 Å². The van der Waals surface area contributed by atoms with E-state index in [2.05, 4.69) is 24.1 Å². The van der Waals surface area contributed by atoms with Crippen LogP contribution in [0.4, 0.5) is 0 Å². The first kappa shape index (κ1) is 28.6. The molecule has 0 aliphatic heterocycles. The third kappa shape index (κ3) is 18.7. The van der Waals surface area contributed by atoms with E-state index in [0.717, 1.165) is 19.3 Å². The minimum absolute atomic E-state index is 0.0469. The topological polar surface area (TPSA) is 102 Å². The maximum Gasteiger partial charge on any atom is 0.320 e. The van der Waals surface area contributed by atoms with Gasteiger partial charge in [0, 0.05) is 13.0 Å². The van der Waals surface area contributed by atoms with E-state index in [4.69, 9.17) is 16.6 Å². The molecule has 5 heteroatoms. The van der Waals surface area contributed by atoms with Gasteiger partial charge in [-0.25, -0.2) is 0 Å². The number of aliphatic carboxylic acids is 1. The van der Waals surface area contributed by atoms with Crippen LogP contribution in [-0.2, 0) is 4.79 Å². The first-order valence-corrected chi connectivity index (χ1v) is 12.4. The Morgan fingerprint density at radius 2 is 1.43 bits per heavy atom. The Labute approximate surface area is 185 Å². The van der Waals surface area contributed by atoms with E-state index in [-0.39, 0.29) is 5.92 Å². The second kappa shape index (κ2) is 20.9. The zero-order chi connectivity index (χ0) is 22.5. The SMILES string of the molecule is CCCCCCCCCCCCCCC=CCC(N)=NCCCC(C)[C@H](N)C(=O)O. The van der Waals surface area contributed by atoms with Gasteiger partial charge in [0.1, 0.15) is 6.04 Å². The van der Waals surface area contributed by atoms with Crippen molar-refractivity contribution in [3.8, 4) is 0 Å². The number of rotatable bonds is 21. The Kier molecular flexibility index (Phi) is 19.9. The number of allylic oxidation sites excluding steroid dienone is 1. The number of hydrogen-bond acceptors (Lipinski definition) is 3. The number of hydrogen-bond donors (Lipinski definition) is 3. The first-order chi connectivity index (χ1) is 14.5. The zero-order valence-corrected chi connectivity index (χ0v) is 19.8. The van der Waals surface area contributed by atoms with E-state index < -0.39 is 12.0 Å². The van der Waals surface area contributed by atoms with Crippen LogP contribution in [0.2, 0.25) is 0 Å². The van der Waals surface area contributed by atoms with Gasteiger partial charge >= 0.3 is 5.97 Å². The molecule has 5 N–H and O–H groups in total. The number of carboxylic acid groups (broad SMARTS) is 1. The third-order valence-electron chi connectivity index (χ3n) is 5.75. The number of aliphatic imine (C=N–C) groups is 1. The molecule has 1 unspecified atom stereocenters. The average molecular weight is 424 g/mol. The number of amidine groups is 1. The summed E-state index contributed by atoms with van der Waals surface area (Å²) in [4.78, 5) is 15.2. The van der Waals surface area contributed by atoms with Crippen LogP contribution in [0.5, 0.6) is 0 Å². The van der Waals surface area contributed by atoms with Crippen LogP contribution in [0.1, 0.15) is 117 Å². The molecule has 0 fully saturated rings. The smallest absolute Gasteiger partial charge is 0.320 e. The molecule has 2 atom stereocenters. The highest BCUT2D eigenvalue weighted by Crippen LogP contribution is 2.13. The van der Waals surface area contributed by atoms with E-state index in [9.17, 15) is 4.79 Å². The predicted molar refractivity (Wildman–Crippen MR) is 130 cm³/mol. The molecule has 0 rings (SSSR count). The molecule has 0 radical (unpaired) electrons. The molecule has 0 saturated carbocycles. The number of nitrogens with two attached hydrogens (primary N) is 2. The lowest BCUT2D eigenvalue weighted by molar-refractivity contribution is -0.139. The molecule has 0 heterocycles. The van der Waals surface area contributed by atoms with E-state index in [1.165, 1.54) is 77.0 Å². The highest BCUT2D eigenvalue weighted by Gasteiger charge is 2.18. The molecular weight excluding hydrogens is 374 g/mol. The number of nitrogens with zero attached hydrogens (tertiary/aromatic N) is 1. The summed E-state index contributed by atoms with van der Waals surface area (Å²) >= 11 is 0. The Morgan fingerprint density at radius 3 is 1.97 bits per heavy atom. The molecule has 176 valence electrons. The molecule has 0 spiro atoms. The van der Waals surface area contributed by atoms with Crippen molar-refractivity contribution < 1.29 is 9.90 Å². The van der Waals surface area contributed by atoms with Gasteiger partial charge in [-0.1, -0.05) is 96.6 Å².